The molecule has 0 saturated carbocycles. The highest BCUT2D eigenvalue weighted by Crippen LogP contribution is 2.06. The van der Waals surface area contributed by atoms with E-state index in [0.717, 1.165) is 0 Å². The number of nitrogens with zero attached hydrogens (tertiary/aromatic N) is 1. The molecule has 78 valence electrons. The Balaban J connectivity index is 4.10. The molecular formula is C8H15F2NO2. The van der Waals surface area contributed by atoms with Crippen LogP contribution in [0.2, 0.25) is 0 Å². The average molecular weight is 195 g/mol. The summed E-state index contributed by atoms with van der Waals surface area (Å²) in [6.45, 7) is 2.79. The summed E-state index contributed by atoms with van der Waals surface area (Å²) in [5.74, 6) is -1.07. The summed E-state index contributed by atoms with van der Waals surface area (Å²) in [5.41, 5.74) is 0. The first-order chi connectivity index (χ1) is 5.97. The van der Waals surface area contributed by atoms with Crippen LogP contribution in [0.25, 0.3) is 0 Å². The van der Waals surface area contributed by atoms with E-state index >= 15 is 0 Å². The molecule has 0 aromatic heterocycles. The van der Waals surface area contributed by atoms with Crippen LogP contribution in [-0.4, -0.2) is 41.5 Å². The minimum atomic E-state index is -2.48. The molecule has 13 heavy (non-hydrogen) atoms. The van der Waals surface area contributed by atoms with E-state index < -0.39 is 18.9 Å². The van der Waals surface area contributed by atoms with Crippen LogP contribution in [-0.2, 0) is 4.79 Å². The molecule has 0 aliphatic carbocycles. The van der Waals surface area contributed by atoms with Gasteiger partial charge >= 0.3 is 5.97 Å². The van der Waals surface area contributed by atoms with E-state index in [4.69, 9.17) is 5.11 Å². The molecule has 0 spiro atoms. The van der Waals surface area contributed by atoms with Crippen LogP contribution in [0.1, 0.15) is 20.3 Å². The van der Waals surface area contributed by atoms with Crippen molar-refractivity contribution in [2.24, 2.45) is 0 Å². The molecule has 0 saturated heterocycles. The van der Waals surface area contributed by atoms with Crippen LogP contribution in [0.4, 0.5) is 8.78 Å². The number of carboxylic acid groups (broad SMARTS) is 1. The van der Waals surface area contributed by atoms with Gasteiger partial charge in [0.1, 0.15) is 0 Å². The Labute approximate surface area is 76.3 Å². The zero-order valence-corrected chi connectivity index (χ0v) is 7.83. The molecule has 0 aromatic rings. The molecular weight excluding hydrogens is 180 g/mol. The van der Waals surface area contributed by atoms with Crippen molar-refractivity contribution in [3.05, 3.63) is 0 Å². The molecule has 0 aliphatic rings. The third-order valence-corrected chi connectivity index (χ3v) is 1.93. The Bertz CT molecular complexity index is 164. The molecule has 1 N–H and O–H groups in total. The monoisotopic (exact) mass is 195 g/mol. The van der Waals surface area contributed by atoms with E-state index in [2.05, 4.69) is 0 Å². The maximum Gasteiger partial charge on any atom is 0.317 e. The lowest BCUT2D eigenvalue weighted by Crippen LogP contribution is -2.40. The van der Waals surface area contributed by atoms with Gasteiger partial charge in [-0.25, -0.2) is 8.78 Å². The van der Waals surface area contributed by atoms with Gasteiger partial charge in [-0.2, -0.15) is 0 Å². The third kappa shape index (κ3) is 5.52. The first-order valence-electron chi connectivity index (χ1n) is 4.21. The molecule has 0 bridgehead atoms. The van der Waals surface area contributed by atoms with Crippen molar-refractivity contribution in [1.82, 2.24) is 4.90 Å². The Hall–Kier alpha value is -0.710. The van der Waals surface area contributed by atoms with Crippen molar-refractivity contribution in [1.29, 1.82) is 0 Å². The molecule has 0 aliphatic heterocycles. The van der Waals surface area contributed by atoms with Gasteiger partial charge in [0.25, 0.3) is 6.43 Å². The minimum Gasteiger partial charge on any atom is -0.480 e. The summed E-state index contributed by atoms with van der Waals surface area (Å²) in [6, 6.07) is -0.120. The lowest BCUT2D eigenvalue weighted by molar-refractivity contribution is -0.139. The molecule has 0 aromatic carbocycles. The maximum absolute atomic E-state index is 12.0. The Morgan fingerprint density at radius 1 is 1.54 bits per heavy atom. The number of alkyl halides is 2. The standard InChI is InChI=1S/C8H15F2NO2/c1-3-6(2)11(4-7(9)10)5-8(12)13/h6-7H,3-5H2,1-2H3,(H,12,13). The fourth-order valence-electron chi connectivity index (χ4n) is 1.01. The lowest BCUT2D eigenvalue weighted by atomic mass is 10.2. The van der Waals surface area contributed by atoms with Crippen LogP contribution >= 0.6 is 0 Å². The van der Waals surface area contributed by atoms with E-state index in [1.165, 1.54) is 4.90 Å². The van der Waals surface area contributed by atoms with Crippen molar-refractivity contribution in [2.45, 2.75) is 32.7 Å². The first-order valence-corrected chi connectivity index (χ1v) is 4.21. The number of rotatable bonds is 6. The highest BCUT2D eigenvalue weighted by atomic mass is 19.3. The number of carboxylic acids is 1. The predicted molar refractivity (Wildman–Crippen MR) is 45.0 cm³/mol. The van der Waals surface area contributed by atoms with E-state index in [9.17, 15) is 13.6 Å². The minimum absolute atomic E-state index is 0.120. The number of halogens is 2. The number of hydrogen-bond acceptors (Lipinski definition) is 2. The molecule has 1 unspecified atom stereocenters. The smallest absolute Gasteiger partial charge is 0.317 e. The summed E-state index contributed by atoms with van der Waals surface area (Å²) in [4.78, 5) is 11.6. The maximum atomic E-state index is 12.0. The second-order valence-electron chi connectivity index (χ2n) is 2.97. The highest BCUT2D eigenvalue weighted by molar-refractivity contribution is 5.69. The molecule has 3 nitrogen and oxygen atoms in total. The molecule has 5 heteroatoms. The molecule has 0 heterocycles. The van der Waals surface area contributed by atoms with Crippen molar-refractivity contribution >= 4 is 5.97 Å². The van der Waals surface area contributed by atoms with E-state index in [-0.39, 0.29) is 12.6 Å². The fourth-order valence-corrected chi connectivity index (χ4v) is 1.01. The van der Waals surface area contributed by atoms with Crippen LogP contribution in [0.15, 0.2) is 0 Å². The zero-order valence-electron chi connectivity index (χ0n) is 7.83. The second-order valence-corrected chi connectivity index (χ2v) is 2.97. The molecule has 0 rings (SSSR count). The van der Waals surface area contributed by atoms with Crippen LogP contribution in [0.5, 0.6) is 0 Å². The highest BCUT2D eigenvalue weighted by Gasteiger charge is 2.19. The third-order valence-electron chi connectivity index (χ3n) is 1.93. The SMILES string of the molecule is CCC(C)N(CC(=O)O)CC(F)F. The van der Waals surface area contributed by atoms with E-state index in [0.29, 0.717) is 6.42 Å². The van der Waals surface area contributed by atoms with Gasteiger partial charge < -0.3 is 5.11 Å². The summed E-state index contributed by atoms with van der Waals surface area (Å²) in [6.07, 6.45) is -1.81. The average Bonchev–Trinajstić information content (AvgIpc) is 2.00. The van der Waals surface area contributed by atoms with Crippen LogP contribution < -0.4 is 0 Å². The van der Waals surface area contributed by atoms with Gasteiger partial charge in [0.2, 0.25) is 0 Å². The van der Waals surface area contributed by atoms with Gasteiger partial charge in [-0.1, -0.05) is 6.92 Å². The Morgan fingerprint density at radius 2 is 2.08 bits per heavy atom. The first kappa shape index (κ1) is 12.3. The summed E-state index contributed by atoms with van der Waals surface area (Å²) in [7, 11) is 0. The molecule has 0 fully saturated rings. The van der Waals surface area contributed by atoms with Crippen molar-refractivity contribution in [2.75, 3.05) is 13.1 Å². The molecule has 1 atom stereocenters. The largest absolute Gasteiger partial charge is 0.480 e. The number of carbonyl (C=O) groups is 1. The van der Waals surface area contributed by atoms with Gasteiger partial charge in [-0.3, -0.25) is 9.69 Å². The molecule has 0 radical (unpaired) electrons. The zero-order chi connectivity index (χ0) is 10.4. The van der Waals surface area contributed by atoms with E-state index in [1.807, 2.05) is 6.92 Å². The van der Waals surface area contributed by atoms with Crippen molar-refractivity contribution in [3.63, 3.8) is 0 Å². The fraction of sp³-hybridized carbons (Fsp3) is 0.875. The summed E-state index contributed by atoms with van der Waals surface area (Å²) in [5, 5.41) is 8.45. The Morgan fingerprint density at radius 3 is 2.38 bits per heavy atom. The predicted octanol–water partition coefficient (Wildman–Crippen LogP) is 1.44. The van der Waals surface area contributed by atoms with Crippen LogP contribution in [0, 0.1) is 0 Å². The van der Waals surface area contributed by atoms with Gasteiger partial charge in [0.05, 0.1) is 13.1 Å². The number of hydrogen-bond donors (Lipinski definition) is 1. The summed E-state index contributed by atoms with van der Waals surface area (Å²) < 4.78 is 24.0. The van der Waals surface area contributed by atoms with Gasteiger partial charge in [-0.05, 0) is 13.3 Å². The molecule has 0 amide bonds. The second kappa shape index (κ2) is 5.85. The number of aliphatic carboxylic acids is 1. The lowest BCUT2D eigenvalue weighted by Gasteiger charge is -2.25. The summed E-state index contributed by atoms with van der Waals surface area (Å²) >= 11 is 0. The van der Waals surface area contributed by atoms with Gasteiger partial charge in [0, 0.05) is 6.04 Å². The van der Waals surface area contributed by atoms with E-state index in [1.54, 1.807) is 6.92 Å². The normalized spacial score (nSPS) is 13.7. The van der Waals surface area contributed by atoms with Crippen molar-refractivity contribution in [3.8, 4) is 0 Å². The quantitative estimate of drug-likeness (QED) is 0.697. The van der Waals surface area contributed by atoms with Gasteiger partial charge in [0.15, 0.2) is 0 Å². The van der Waals surface area contributed by atoms with Crippen molar-refractivity contribution < 1.29 is 18.7 Å². The van der Waals surface area contributed by atoms with Gasteiger partial charge in [-0.15, -0.1) is 0 Å². The van der Waals surface area contributed by atoms with Crippen LogP contribution in [0.3, 0.4) is 0 Å². The Kier molecular flexibility index (Phi) is 5.53. The topological polar surface area (TPSA) is 40.5 Å².